The van der Waals surface area contributed by atoms with Crippen LogP contribution in [-0.4, -0.2) is 94.4 Å². The van der Waals surface area contributed by atoms with Crippen molar-refractivity contribution in [2.75, 3.05) is 7.05 Å². The van der Waals surface area contributed by atoms with Gasteiger partial charge >= 0.3 is 24.0 Å². The standard InChI is InChI=1S/C22H27NO12/c1-6-13(26)31-12-11(33-17(29)23-5)20-10-7(24)8(18(2,3)4)19(20)9(25)14(27)34-16(19)35-22(20,15(28)32-10)21(6,12)30/h6-12,16,24-25,30H,1-5H3,(H,23,29)/t6-,7-,8+,9+,10-,11+,12?,16+,19?,20?,21-,22-/m1/s1. The quantitative estimate of drug-likeness (QED) is 0.230. The minimum absolute atomic E-state index is 0.849. The van der Waals surface area contributed by atoms with E-state index in [9.17, 15) is 34.5 Å². The Bertz CT molecular complexity index is 1090. The Kier molecular flexibility index (Phi) is 3.98. The summed E-state index contributed by atoms with van der Waals surface area (Å²) in [6, 6.07) is 0. The largest absolute Gasteiger partial charge is 0.456 e. The van der Waals surface area contributed by atoms with E-state index in [1.807, 2.05) is 0 Å². The van der Waals surface area contributed by atoms with Crippen LogP contribution in [0.3, 0.4) is 0 Å². The summed E-state index contributed by atoms with van der Waals surface area (Å²) >= 11 is 0. The molecule has 13 heteroatoms. The average molecular weight is 497 g/mol. The minimum atomic E-state index is -2.47. The van der Waals surface area contributed by atoms with Crippen LogP contribution in [0.1, 0.15) is 27.7 Å². The van der Waals surface area contributed by atoms with Gasteiger partial charge in [0.25, 0.3) is 0 Å². The number of aliphatic hydroxyl groups excluding tert-OH is 2. The molecule has 0 aromatic heterocycles. The highest BCUT2D eigenvalue weighted by Gasteiger charge is 3.06. The number of amides is 1. The molecule has 4 N–H and O–H groups in total. The third kappa shape index (κ3) is 1.86. The lowest BCUT2D eigenvalue weighted by Gasteiger charge is -2.47. The molecule has 35 heavy (non-hydrogen) atoms. The third-order valence-electron chi connectivity index (χ3n) is 9.36. The van der Waals surface area contributed by atoms with Crippen LogP contribution in [0, 0.1) is 28.1 Å². The minimum Gasteiger partial charge on any atom is -0.456 e. The van der Waals surface area contributed by atoms with Gasteiger partial charge in [0.1, 0.15) is 11.5 Å². The summed E-state index contributed by atoms with van der Waals surface area (Å²) in [5, 5.41) is 37.6. The number of aliphatic hydroxyl groups is 3. The van der Waals surface area contributed by atoms with Gasteiger partial charge in [-0.15, -0.1) is 0 Å². The van der Waals surface area contributed by atoms with Gasteiger partial charge in [-0.3, -0.25) is 4.79 Å². The molecular formula is C22H27NO12. The third-order valence-corrected chi connectivity index (χ3v) is 9.36. The summed E-state index contributed by atoms with van der Waals surface area (Å²) in [5.41, 5.74) is -9.72. The van der Waals surface area contributed by atoms with Gasteiger partial charge in [-0.1, -0.05) is 20.8 Å². The molecule has 6 rings (SSSR count). The van der Waals surface area contributed by atoms with Crippen LogP contribution in [0.5, 0.6) is 0 Å². The second kappa shape index (κ2) is 6.07. The zero-order chi connectivity index (χ0) is 25.7. The highest BCUT2D eigenvalue weighted by molar-refractivity contribution is 5.94. The maximum Gasteiger partial charge on any atom is 0.407 e. The molecule has 4 heterocycles. The van der Waals surface area contributed by atoms with Crippen LogP contribution in [-0.2, 0) is 38.1 Å². The molecule has 12 atom stereocenters. The van der Waals surface area contributed by atoms with Crippen molar-refractivity contribution in [2.45, 2.75) is 75.7 Å². The van der Waals surface area contributed by atoms with Crippen LogP contribution in [0.15, 0.2) is 0 Å². The molecule has 6 aliphatic rings. The molecule has 0 aromatic rings. The molecule has 2 saturated carbocycles. The first-order valence-electron chi connectivity index (χ1n) is 11.5. The number of fused-ring (bicyclic) bond motifs is 1. The average Bonchev–Trinajstić information content (AvgIpc) is 3.46. The van der Waals surface area contributed by atoms with Crippen molar-refractivity contribution in [1.82, 2.24) is 5.32 Å². The van der Waals surface area contributed by atoms with E-state index in [1.165, 1.54) is 14.0 Å². The van der Waals surface area contributed by atoms with E-state index in [1.54, 1.807) is 20.8 Å². The highest BCUT2D eigenvalue weighted by atomic mass is 16.8. The maximum absolute atomic E-state index is 13.7. The molecular weight excluding hydrogens is 470 g/mol. The summed E-state index contributed by atoms with van der Waals surface area (Å²) in [6.45, 7) is 6.59. The van der Waals surface area contributed by atoms with Gasteiger partial charge in [-0.2, -0.15) is 0 Å². The van der Waals surface area contributed by atoms with E-state index in [0.29, 0.717) is 0 Å². The molecule has 0 aromatic carbocycles. The number of carbonyl (C=O) groups excluding carboxylic acids is 4. The lowest BCUT2D eigenvalue weighted by atomic mass is 9.51. The van der Waals surface area contributed by atoms with Crippen molar-refractivity contribution in [3.05, 3.63) is 0 Å². The van der Waals surface area contributed by atoms with Gasteiger partial charge in [0, 0.05) is 13.0 Å². The zero-order valence-electron chi connectivity index (χ0n) is 19.6. The van der Waals surface area contributed by atoms with Crippen molar-refractivity contribution in [1.29, 1.82) is 0 Å². The summed E-state index contributed by atoms with van der Waals surface area (Å²) in [5.74, 6) is -5.44. The number of carbonyl (C=O) groups is 4. The predicted octanol–water partition coefficient (Wildman–Crippen LogP) is -2.03. The maximum atomic E-state index is 13.7. The van der Waals surface area contributed by atoms with E-state index >= 15 is 0 Å². The number of esters is 3. The Morgan fingerprint density at radius 2 is 1.71 bits per heavy atom. The normalized spacial score (nSPS) is 55.0. The SMILES string of the molecule is CNC(=O)O[C@H]1C2OC(=O)[C@@H](C)[C@]2(O)[C@@]23O[C@@H]4OC(=O)[C@H](O)C45[C@H](C(C)(C)C)[C@@H](O)[C@@H](OC2=O)C153. The van der Waals surface area contributed by atoms with Gasteiger partial charge in [0.2, 0.25) is 11.9 Å². The molecule has 4 saturated heterocycles. The van der Waals surface area contributed by atoms with Crippen LogP contribution in [0.4, 0.5) is 4.79 Å². The first-order chi connectivity index (χ1) is 16.2. The topological polar surface area (TPSA) is 187 Å². The van der Waals surface area contributed by atoms with Gasteiger partial charge < -0.3 is 44.3 Å². The summed E-state index contributed by atoms with van der Waals surface area (Å²) in [4.78, 5) is 51.7. The molecule has 13 nitrogen and oxygen atoms in total. The molecule has 4 aliphatic heterocycles. The molecule has 0 radical (unpaired) electrons. The number of nitrogens with one attached hydrogen (secondary N) is 1. The van der Waals surface area contributed by atoms with E-state index in [2.05, 4.69) is 5.32 Å². The van der Waals surface area contributed by atoms with Gasteiger partial charge in [-0.25, -0.2) is 14.4 Å². The number of rotatable bonds is 1. The molecule has 1 amide bonds. The Morgan fingerprint density at radius 1 is 1.06 bits per heavy atom. The van der Waals surface area contributed by atoms with Crippen molar-refractivity contribution in [3.63, 3.8) is 0 Å². The van der Waals surface area contributed by atoms with Crippen molar-refractivity contribution >= 4 is 24.0 Å². The summed E-state index contributed by atoms with van der Waals surface area (Å²) < 4.78 is 28.4. The number of alkyl carbamates (subject to hydrolysis) is 1. The fourth-order valence-electron chi connectivity index (χ4n) is 8.56. The molecule has 3 unspecified atom stereocenters. The van der Waals surface area contributed by atoms with Gasteiger partial charge in [0.05, 0.1) is 17.4 Å². The van der Waals surface area contributed by atoms with E-state index in [4.69, 9.17) is 23.7 Å². The summed E-state index contributed by atoms with van der Waals surface area (Å²) in [7, 11) is 1.28. The van der Waals surface area contributed by atoms with Crippen LogP contribution >= 0.6 is 0 Å². The summed E-state index contributed by atoms with van der Waals surface area (Å²) in [6.07, 6.45) is -10.8. The van der Waals surface area contributed by atoms with Crippen molar-refractivity contribution < 1.29 is 58.2 Å². The zero-order valence-corrected chi connectivity index (χ0v) is 19.6. The second-order valence-electron chi connectivity index (χ2n) is 11.4. The first kappa shape index (κ1) is 23.0. The Labute approximate surface area is 199 Å². The van der Waals surface area contributed by atoms with Crippen molar-refractivity contribution in [2.24, 2.45) is 28.1 Å². The fraction of sp³-hybridized carbons (Fsp3) is 0.818. The lowest BCUT2D eigenvalue weighted by Crippen LogP contribution is -2.67. The Balaban J connectivity index is 1.75. The van der Waals surface area contributed by atoms with Crippen LogP contribution < -0.4 is 5.32 Å². The second-order valence-corrected chi connectivity index (χ2v) is 11.4. The molecule has 2 spiro atoms. The van der Waals surface area contributed by atoms with Crippen LogP contribution in [0.2, 0.25) is 0 Å². The van der Waals surface area contributed by atoms with E-state index < -0.39 is 100 Å². The van der Waals surface area contributed by atoms with Crippen molar-refractivity contribution in [3.8, 4) is 0 Å². The highest BCUT2D eigenvalue weighted by Crippen LogP contribution is 2.84. The number of ether oxygens (including phenoxy) is 5. The monoisotopic (exact) mass is 497 g/mol. The smallest absolute Gasteiger partial charge is 0.407 e. The Morgan fingerprint density at radius 3 is 2.31 bits per heavy atom. The molecule has 2 aliphatic carbocycles. The first-order valence-corrected chi connectivity index (χ1v) is 11.5. The van der Waals surface area contributed by atoms with E-state index in [0.717, 1.165) is 0 Å². The predicted molar refractivity (Wildman–Crippen MR) is 107 cm³/mol. The fourth-order valence-corrected chi connectivity index (χ4v) is 8.56. The molecule has 6 fully saturated rings. The van der Waals surface area contributed by atoms with Crippen LogP contribution in [0.25, 0.3) is 0 Å². The lowest BCUT2D eigenvalue weighted by molar-refractivity contribution is -0.240. The van der Waals surface area contributed by atoms with E-state index in [-0.39, 0.29) is 0 Å². The van der Waals surface area contributed by atoms with Gasteiger partial charge in [0.15, 0.2) is 23.9 Å². The van der Waals surface area contributed by atoms with Gasteiger partial charge in [-0.05, 0) is 12.3 Å². The number of hydrogen-bond acceptors (Lipinski definition) is 12. The molecule has 0 bridgehead atoms. The Hall–Kier alpha value is -2.48. The number of hydrogen-bond donors (Lipinski definition) is 4. The molecule has 192 valence electrons.